The molecule has 0 radical (unpaired) electrons. The Hall–Kier alpha value is -1.61. The molecule has 0 saturated heterocycles. The Morgan fingerprint density at radius 1 is 1.29 bits per heavy atom. The van der Waals surface area contributed by atoms with Crippen molar-refractivity contribution in [2.45, 2.75) is 20.4 Å². The fourth-order valence-corrected chi connectivity index (χ4v) is 2.49. The number of hydrogen-bond acceptors (Lipinski definition) is 2. The smallest absolute Gasteiger partial charge is 0.190 e. The molecule has 0 saturated carbocycles. The molecule has 0 atom stereocenters. The second-order valence-corrected chi connectivity index (χ2v) is 4.84. The molecule has 0 N–H and O–H groups in total. The average molecular weight is 244 g/mol. The number of thiazole rings is 1. The minimum atomic E-state index is 0.806. The van der Waals surface area contributed by atoms with Crippen molar-refractivity contribution in [1.82, 2.24) is 4.57 Å². The van der Waals surface area contributed by atoms with Crippen LogP contribution in [-0.2, 0) is 6.54 Å². The van der Waals surface area contributed by atoms with Gasteiger partial charge in [-0.2, -0.15) is 0 Å². The van der Waals surface area contributed by atoms with Crippen molar-refractivity contribution < 1.29 is 0 Å². The number of benzene rings is 1. The third-order valence-electron chi connectivity index (χ3n) is 2.56. The van der Waals surface area contributed by atoms with Gasteiger partial charge in [0.2, 0.25) is 0 Å². The monoisotopic (exact) mass is 244 g/mol. The van der Waals surface area contributed by atoms with E-state index in [9.17, 15) is 0 Å². The van der Waals surface area contributed by atoms with Gasteiger partial charge in [0.1, 0.15) is 0 Å². The topological polar surface area (TPSA) is 17.3 Å². The summed E-state index contributed by atoms with van der Waals surface area (Å²) in [5.74, 6) is 0. The van der Waals surface area contributed by atoms with Crippen LogP contribution in [0.5, 0.6) is 0 Å². The molecule has 0 aliphatic rings. The van der Waals surface area contributed by atoms with Gasteiger partial charge in [-0.25, -0.2) is 4.99 Å². The molecule has 2 rings (SSSR count). The minimum Gasteiger partial charge on any atom is -0.317 e. The fourth-order valence-electron chi connectivity index (χ4n) is 1.58. The molecule has 0 unspecified atom stereocenters. The number of rotatable bonds is 3. The van der Waals surface area contributed by atoms with Crippen LogP contribution in [0.4, 0.5) is 5.69 Å². The van der Waals surface area contributed by atoms with Crippen LogP contribution >= 0.6 is 11.3 Å². The van der Waals surface area contributed by atoms with E-state index in [2.05, 4.69) is 47.5 Å². The van der Waals surface area contributed by atoms with Gasteiger partial charge in [-0.05, 0) is 26.0 Å². The highest BCUT2D eigenvalue weighted by Gasteiger charge is 1.99. The maximum atomic E-state index is 4.66. The minimum absolute atomic E-state index is 0.806. The van der Waals surface area contributed by atoms with Crippen molar-refractivity contribution in [2.75, 3.05) is 0 Å². The maximum Gasteiger partial charge on any atom is 0.190 e. The Balaban J connectivity index is 2.45. The van der Waals surface area contributed by atoms with E-state index in [1.165, 1.54) is 11.3 Å². The number of nitrogens with zero attached hydrogens (tertiary/aromatic N) is 2. The van der Waals surface area contributed by atoms with E-state index in [1.807, 2.05) is 18.2 Å². The largest absolute Gasteiger partial charge is 0.317 e. The van der Waals surface area contributed by atoms with E-state index in [0.717, 1.165) is 17.0 Å². The first-order valence-corrected chi connectivity index (χ1v) is 6.46. The predicted molar refractivity (Wildman–Crippen MR) is 73.6 cm³/mol. The Bertz CT molecular complexity index is 573. The molecular weight excluding hydrogens is 228 g/mol. The molecule has 88 valence electrons. The number of aromatic nitrogens is 1. The molecule has 0 fully saturated rings. The second kappa shape index (κ2) is 5.15. The van der Waals surface area contributed by atoms with E-state index in [0.29, 0.717) is 0 Å². The zero-order chi connectivity index (χ0) is 12.3. The van der Waals surface area contributed by atoms with Crippen LogP contribution in [0.1, 0.15) is 11.3 Å². The first-order valence-electron chi connectivity index (χ1n) is 5.58. The molecule has 2 aromatic rings. The third kappa shape index (κ3) is 2.74. The molecule has 0 aliphatic carbocycles. The van der Waals surface area contributed by atoms with Gasteiger partial charge in [0.15, 0.2) is 4.80 Å². The fraction of sp³-hybridized carbons (Fsp3) is 0.214. The molecule has 0 aliphatic heterocycles. The molecule has 17 heavy (non-hydrogen) atoms. The Kier molecular flexibility index (Phi) is 3.59. The van der Waals surface area contributed by atoms with Crippen LogP contribution in [0.15, 0.2) is 47.3 Å². The van der Waals surface area contributed by atoms with Crippen LogP contribution in [0.3, 0.4) is 0 Å². The summed E-state index contributed by atoms with van der Waals surface area (Å²) in [6.07, 6.45) is 1.90. The summed E-state index contributed by atoms with van der Waals surface area (Å²) in [4.78, 5) is 5.68. The normalized spacial score (nSPS) is 11.8. The van der Waals surface area contributed by atoms with Crippen LogP contribution in [0.25, 0.3) is 0 Å². The highest BCUT2D eigenvalue weighted by atomic mass is 32.1. The van der Waals surface area contributed by atoms with Crippen molar-refractivity contribution in [3.8, 4) is 0 Å². The lowest BCUT2D eigenvalue weighted by molar-refractivity contribution is 0.761. The Labute approximate surface area is 106 Å². The van der Waals surface area contributed by atoms with Crippen molar-refractivity contribution in [2.24, 2.45) is 4.99 Å². The summed E-state index contributed by atoms with van der Waals surface area (Å²) in [6, 6.07) is 8.25. The number of allylic oxidation sites excluding steroid dienone is 1. The molecule has 1 aromatic heterocycles. The van der Waals surface area contributed by atoms with Crippen LogP contribution in [0, 0.1) is 13.8 Å². The van der Waals surface area contributed by atoms with Gasteiger partial charge >= 0.3 is 0 Å². The summed E-state index contributed by atoms with van der Waals surface area (Å²) >= 11 is 1.66. The first-order chi connectivity index (χ1) is 8.20. The van der Waals surface area contributed by atoms with Gasteiger partial charge < -0.3 is 4.57 Å². The summed E-state index contributed by atoms with van der Waals surface area (Å²) < 4.78 is 2.16. The molecular formula is C14H16N2S. The molecule has 0 spiro atoms. The van der Waals surface area contributed by atoms with Gasteiger partial charge in [0.25, 0.3) is 0 Å². The summed E-state index contributed by atoms with van der Waals surface area (Å²) in [6.45, 7) is 8.76. The van der Waals surface area contributed by atoms with Crippen molar-refractivity contribution in [3.63, 3.8) is 0 Å². The van der Waals surface area contributed by atoms with Crippen molar-refractivity contribution in [1.29, 1.82) is 0 Å². The molecule has 1 heterocycles. The zero-order valence-corrected chi connectivity index (χ0v) is 11.0. The first kappa shape index (κ1) is 11.9. The summed E-state index contributed by atoms with van der Waals surface area (Å²) in [5.41, 5.74) is 3.47. The highest BCUT2D eigenvalue weighted by Crippen LogP contribution is 2.12. The molecule has 0 amide bonds. The van der Waals surface area contributed by atoms with E-state index in [1.54, 1.807) is 11.3 Å². The van der Waals surface area contributed by atoms with E-state index < -0.39 is 0 Å². The van der Waals surface area contributed by atoms with Gasteiger partial charge in [-0.15, -0.1) is 17.9 Å². The van der Waals surface area contributed by atoms with Crippen molar-refractivity contribution >= 4 is 17.0 Å². The standard InChI is InChI=1S/C14H16N2S/c1-4-9-16-12(3)10-17-14(16)15-13-7-5-11(2)6-8-13/h4-8,10H,1,9H2,2-3H3. The molecule has 2 nitrogen and oxygen atoms in total. The van der Waals surface area contributed by atoms with Gasteiger partial charge in [-0.3, -0.25) is 0 Å². The summed E-state index contributed by atoms with van der Waals surface area (Å²) in [5, 5.41) is 2.12. The second-order valence-electron chi connectivity index (χ2n) is 4.01. The van der Waals surface area contributed by atoms with Crippen LogP contribution < -0.4 is 4.80 Å². The van der Waals surface area contributed by atoms with Crippen molar-refractivity contribution in [3.05, 3.63) is 58.4 Å². The van der Waals surface area contributed by atoms with Crippen LogP contribution in [0.2, 0.25) is 0 Å². The number of hydrogen-bond donors (Lipinski definition) is 0. The summed E-state index contributed by atoms with van der Waals surface area (Å²) in [7, 11) is 0. The SMILES string of the molecule is C=CCn1c(C)csc1=Nc1ccc(C)cc1. The van der Waals surface area contributed by atoms with Crippen LogP contribution in [-0.4, -0.2) is 4.57 Å². The lowest BCUT2D eigenvalue weighted by Crippen LogP contribution is -2.14. The lowest BCUT2D eigenvalue weighted by Gasteiger charge is -2.01. The number of aryl methyl sites for hydroxylation is 2. The molecule has 3 heteroatoms. The van der Waals surface area contributed by atoms with Gasteiger partial charge in [0, 0.05) is 17.6 Å². The van der Waals surface area contributed by atoms with Gasteiger partial charge in [-0.1, -0.05) is 23.8 Å². The lowest BCUT2D eigenvalue weighted by atomic mass is 10.2. The maximum absolute atomic E-state index is 4.66. The molecule has 1 aromatic carbocycles. The Morgan fingerprint density at radius 3 is 2.65 bits per heavy atom. The third-order valence-corrected chi connectivity index (χ3v) is 3.54. The zero-order valence-electron chi connectivity index (χ0n) is 10.2. The van der Waals surface area contributed by atoms with Gasteiger partial charge in [0.05, 0.1) is 5.69 Å². The van der Waals surface area contributed by atoms with E-state index in [4.69, 9.17) is 0 Å². The van der Waals surface area contributed by atoms with E-state index >= 15 is 0 Å². The predicted octanol–water partition coefficient (Wildman–Crippen LogP) is 3.58. The van der Waals surface area contributed by atoms with E-state index in [-0.39, 0.29) is 0 Å². The average Bonchev–Trinajstić information content (AvgIpc) is 2.65. The molecule has 0 bridgehead atoms. The quantitative estimate of drug-likeness (QED) is 0.734. The Morgan fingerprint density at radius 2 is 2.00 bits per heavy atom. The highest BCUT2D eigenvalue weighted by molar-refractivity contribution is 7.07.